The molecule has 2 aliphatic rings. The van der Waals surface area contributed by atoms with E-state index in [1.165, 1.54) is 226 Å². The molecule has 2 heterocycles. The summed E-state index contributed by atoms with van der Waals surface area (Å²) in [6.45, 7) is 12.9. The molecule has 52 heavy (non-hydrogen) atoms. The number of hydrogen-bond donors (Lipinski definition) is 0. The van der Waals surface area contributed by atoms with Crippen LogP contribution >= 0.6 is 0 Å². The highest BCUT2D eigenvalue weighted by atomic mass is 16.5. The van der Waals surface area contributed by atoms with Crippen molar-refractivity contribution in [1.82, 2.24) is 9.80 Å². The van der Waals surface area contributed by atoms with E-state index in [1.807, 2.05) is 0 Å². The summed E-state index contributed by atoms with van der Waals surface area (Å²) in [5.74, 6) is 3.43. The molecule has 0 aromatic heterocycles. The number of benzene rings is 1. The number of nitrogens with zero attached hydrogens (tertiary/aromatic N) is 2. The second-order valence-corrected chi connectivity index (χ2v) is 17.6. The van der Waals surface area contributed by atoms with E-state index < -0.39 is 0 Å². The van der Waals surface area contributed by atoms with E-state index in [4.69, 9.17) is 9.47 Å². The number of unbranched alkanes of at least 4 members (excludes halogenated alkanes) is 26. The summed E-state index contributed by atoms with van der Waals surface area (Å²) in [6, 6.07) is 0. The molecule has 0 saturated heterocycles. The van der Waals surface area contributed by atoms with Crippen molar-refractivity contribution in [3.63, 3.8) is 0 Å². The molecule has 0 N–H and O–H groups in total. The van der Waals surface area contributed by atoms with Crippen LogP contribution in [-0.4, -0.2) is 37.4 Å². The average molecular weight is 725 g/mol. The Balaban J connectivity index is 1.44. The van der Waals surface area contributed by atoms with Gasteiger partial charge in [-0.15, -0.1) is 0 Å². The van der Waals surface area contributed by atoms with Crippen LogP contribution in [0.2, 0.25) is 0 Å². The maximum absolute atomic E-state index is 6.68. The molecule has 1 aromatic carbocycles. The van der Waals surface area contributed by atoms with Crippen LogP contribution in [-0.2, 0) is 13.1 Å². The highest BCUT2D eigenvalue weighted by Crippen LogP contribution is 2.50. The predicted molar refractivity (Wildman–Crippen MR) is 227 cm³/mol. The van der Waals surface area contributed by atoms with Gasteiger partial charge in [0.1, 0.15) is 25.0 Å². The molecule has 2 atom stereocenters. The van der Waals surface area contributed by atoms with Gasteiger partial charge in [0.25, 0.3) is 0 Å². The van der Waals surface area contributed by atoms with E-state index in [-0.39, 0.29) is 0 Å². The standard InChI is InChI=1S/C48H88N2O2/c1-7-9-11-13-15-17-19-21-23-25-27-29-31-33-35-41(3)45-43-37-49(5)40-52-48(43)46(44-38-50(6)39-51-47(44)45)42(4)36-34-32-30-28-26-24-22-20-18-16-14-12-10-8-2/h41-42H,7-40H2,1-6H3. The van der Waals surface area contributed by atoms with Crippen LogP contribution in [0.1, 0.15) is 254 Å². The zero-order valence-corrected chi connectivity index (χ0v) is 35.9. The molecule has 4 heteroatoms. The number of hydrogen-bond acceptors (Lipinski definition) is 4. The number of ether oxygens (including phenoxy) is 2. The van der Waals surface area contributed by atoms with Crippen molar-refractivity contribution in [1.29, 1.82) is 0 Å². The SMILES string of the molecule is CCCCCCCCCCCCCCCCC(C)c1c2c(c(C(C)CCCCCCCCCCCCCCCC)c3c1OCN(C)C3)OCN(C)C2. The van der Waals surface area contributed by atoms with Crippen LogP contribution in [0.15, 0.2) is 0 Å². The minimum absolute atomic E-state index is 0.494. The third kappa shape index (κ3) is 17.0. The Kier molecular flexibility index (Phi) is 24.5. The van der Waals surface area contributed by atoms with Crippen molar-refractivity contribution in [3.05, 3.63) is 22.3 Å². The van der Waals surface area contributed by atoms with Crippen LogP contribution in [0.5, 0.6) is 11.5 Å². The fourth-order valence-corrected chi connectivity index (χ4v) is 9.09. The van der Waals surface area contributed by atoms with Crippen molar-refractivity contribution in [2.75, 3.05) is 27.6 Å². The van der Waals surface area contributed by atoms with Crippen molar-refractivity contribution in [2.24, 2.45) is 0 Å². The molecule has 3 rings (SSSR count). The van der Waals surface area contributed by atoms with Crippen LogP contribution < -0.4 is 9.47 Å². The van der Waals surface area contributed by atoms with Gasteiger partial charge in [-0.1, -0.05) is 207 Å². The molecule has 302 valence electrons. The molecule has 1 aromatic rings. The van der Waals surface area contributed by atoms with E-state index in [0.717, 1.165) is 13.1 Å². The van der Waals surface area contributed by atoms with Crippen molar-refractivity contribution in [2.45, 2.75) is 245 Å². The third-order valence-electron chi connectivity index (χ3n) is 12.4. The minimum Gasteiger partial charge on any atom is -0.477 e. The van der Waals surface area contributed by atoms with Crippen molar-refractivity contribution >= 4 is 0 Å². The van der Waals surface area contributed by atoms with Crippen LogP contribution in [0.3, 0.4) is 0 Å². The first kappa shape index (κ1) is 45.1. The monoisotopic (exact) mass is 725 g/mol. The summed E-state index contributed by atoms with van der Waals surface area (Å²) in [5, 5.41) is 0. The Morgan fingerprint density at radius 2 is 0.654 bits per heavy atom. The number of fused-ring (bicyclic) bond motifs is 2. The Bertz CT molecular complexity index is 958. The largest absolute Gasteiger partial charge is 0.477 e. The highest BCUT2D eigenvalue weighted by Gasteiger charge is 2.34. The van der Waals surface area contributed by atoms with Gasteiger partial charge in [-0.05, 0) is 38.8 Å². The lowest BCUT2D eigenvalue weighted by atomic mass is 9.81. The molecule has 0 fully saturated rings. The van der Waals surface area contributed by atoms with E-state index >= 15 is 0 Å². The van der Waals surface area contributed by atoms with Gasteiger partial charge in [0.15, 0.2) is 0 Å². The zero-order chi connectivity index (χ0) is 37.2. The van der Waals surface area contributed by atoms with Crippen molar-refractivity contribution < 1.29 is 9.47 Å². The minimum atomic E-state index is 0.494. The van der Waals surface area contributed by atoms with E-state index in [2.05, 4.69) is 51.6 Å². The molecule has 0 aliphatic carbocycles. The molecule has 0 amide bonds. The lowest BCUT2D eigenvalue weighted by molar-refractivity contribution is 0.105. The molecular weight excluding hydrogens is 637 g/mol. The summed E-state index contributed by atoms with van der Waals surface area (Å²) in [7, 11) is 4.41. The second kappa shape index (κ2) is 28.2. The van der Waals surface area contributed by atoms with Gasteiger partial charge < -0.3 is 9.47 Å². The lowest BCUT2D eigenvalue weighted by Gasteiger charge is -2.38. The maximum atomic E-state index is 6.68. The Hall–Kier alpha value is -1.26. The topological polar surface area (TPSA) is 24.9 Å². The highest BCUT2D eigenvalue weighted by molar-refractivity contribution is 5.62. The van der Waals surface area contributed by atoms with Crippen LogP contribution in [0, 0.1) is 0 Å². The van der Waals surface area contributed by atoms with Crippen molar-refractivity contribution in [3.8, 4) is 11.5 Å². The van der Waals surface area contributed by atoms with E-state index in [9.17, 15) is 0 Å². The average Bonchev–Trinajstić information content (AvgIpc) is 3.13. The molecule has 0 bridgehead atoms. The summed E-state index contributed by atoms with van der Waals surface area (Å²) in [4.78, 5) is 4.68. The molecule has 4 nitrogen and oxygen atoms in total. The lowest BCUT2D eigenvalue weighted by Crippen LogP contribution is -2.34. The van der Waals surface area contributed by atoms with Gasteiger partial charge in [-0.25, -0.2) is 0 Å². The normalized spacial score (nSPS) is 16.0. The third-order valence-corrected chi connectivity index (χ3v) is 12.4. The van der Waals surface area contributed by atoms with E-state index in [0.29, 0.717) is 25.3 Å². The van der Waals surface area contributed by atoms with Gasteiger partial charge in [0.2, 0.25) is 0 Å². The quantitative estimate of drug-likeness (QED) is 0.0691. The maximum Gasteiger partial charge on any atom is 0.142 e. The van der Waals surface area contributed by atoms with Gasteiger partial charge >= 0.3 is 0 Å². The first-order chi connectivity index (χ1) is 25.5. The number of rotatable bonds is 32. The molecule has 2 aliphatic heterocycles. The van der Waals surface area contributed by atoms with Gasteiger partial charge in [0.05, 0.1) is 0 Å². The van der Waals surface area contributed by atoms with Crippen LogP contribution in [0.25, 0.3) is 0 Å². The molecule has 0 saturated carbocycles. The van der Waals surface area contributed by atoms with Gasteiger partial charge in [0, 0.05) is 35.3 Å². The second-order valence-electron chi connectivity index (χ2n) is 17.6. The first-order valence-electron chi connectivity index (χ1n) is 23.3. The first-order valence-corrected chi connectivity index (χ1v) is 23.3. The predicted octanol–water partition coefficient (Wildman–Crippen LogP) is 15.2. The van der Waals surface area contributed by atoms with E-state index in [1.54, 1.807) is 0 Å². The summed E-state index contributed by atoms with van der Waals surface area (Å²) in [5.41, 5.74) is 5.79. The fraction of sp³-hybridized carbons (Fsp3) is 0.875. The Morgan fingerprint density at radius 3 is 0.923 bits per heavy atom. The Morgan fingerprint density at radius 1 is 0.404 bits per heavy atom. The summed E-state index contributed by atoms with van der Waals surface area (Å²) >= 11 is 0. The Labute approximate surface area is 324 Å². The molecule has 0 spiro atoms. The smallest absolute Gasteiger partial charge is 0.142 e. The zero-order valence-electron chi connectivity index (χ0n) is 35.9. The molecule has 0 radical (unpaired) electrons. The summed E-state index contributed by atoms with van der Waals surface area (Å²) in [6.07, 6.45) is 42.1. The van der Waals surface area contributed by atoms with Crippen LogP contribution in [0.4, 0.5) is 0 Å². The van der Waals surface area contributed by atoms with Gasteiger partial charge in [-0.3, -0.25) is 9.80 Å². The summed E-state index contributed by atoms with van der Waals surface area (Å²) < 4.78 is 13.4. The molecular formula is C48H88N2O2. The fourth-order valence-electron chi connectivity index (χ4n) is 9.09. The molecule has 2 unspecified atom stereocenters. The van der Waals surface area contributed by atoms with Gasteiger partial charge in [-0.2, -0.15) is 0 Å².